The Labute approximate surface area is 133 Å². The lowest BCUT2D eigenvalue weighted by Crippen LogP contribution is -2.38. The predicted octanol–water partition coefficient (Wildman–Crippen LogP) is 3.58. The zero-order chi connectivity index (χ0) is 16.0. The van der Waals surface area contributed by atoms with Crippen molar-refractivity contribution in [2.75, 3.05) is 6.61 Å². The molecule has 6 heteroatoms. The molecule has 1 rings (SSSR count). The van der Waals surface area contributed by atoms with Crippen molar-refractivity contribution in [2.45, 2.75) is 39.3 Å². The predicted molar refractivity (Wildman–Crippen MR) is 82.9 cm³/mol. The summed E-state index contributed by atoms with van der Waals surface area (Å²) in [6, 6.07) is 6.16. The second kappa shape index (κ2) is 7.45. The van der Waals surface area contributed by atoms with Gasteiger partial charge in [0.1, 0.15) is 5.60 Å². The number of ether oxygens (including phenoxy) is 2. The third kappa shape index (κ3) is 6.16. The highest BCUT2D eigenvalue weighted by Gasteiger charge is 2.26. The number of benzene rings is 1. The summed E-state index contributed by atoms with van der Waals surface area (Å²) in [6.45, 7) is 7.22. The molecule has 0 aliphatic rings. The molecule has 0 fully saturated rings. The van der Waals surface area contributed by atoms with Gasteiger partial charge in [0.05, 0.1) is 6.61 Å². The molecule has 0 radical (unpaired) electrons. The summed E-state index contributed by atoms with van der Waals surface area (Å²) in [4.78, 5) is 23.9. The molecule has 0 heterocycles. The average Bonchev–Trinajstić information content (AvgIpc) is 2.35. The molecule has 0 aliphatic carbocycles. The summed E-state index contributed by atoms with van der Waals surface area (Å²) in [5.74, 6) is -0.523. The van der Waals surface area contributed by atoms with Crippen molar-refractivity contribution in [1.82, 2.24) is 5.32 Å². The first-order valence-electron chi connectivity index (χ1n) is 6.64. The summed E-state index contributed by atoms with van der Waals surface area (Å²) in [5, 5.41) is 2.54. The number of halogens is 1. The molecular weight excluding hydrogens is 338 g/mol. The minimum absolute atomic E-state index is 0.238. The zero-order valence-electron chi connectivity index (χ0n) is 12.6. The topological polar surface area (TPSA) is 64.6 Å². The molecule has 1 atom stereocenters. The Kier molecular flexibility index (Phi) is 6.20. The normalized spacial score (nSPS) is 12.4. The molecule has 1 aromatic rings. The number of carbonyl (C=O) groups excluding carboxylic acids is 2. The maximum absolute atomic E-state index is 12.0. The van der Waals surface area contributed by atoms with Crippen molar-refractivity contribution in [3.8, 4) is 0 Å². The molecule has 1 amide bonds. The molecule has 1 N–H and O–H groups in total. The van der Waals surface area contributed by atoms with Crippen LogP contribution < -0.4 is 5.32 Å². The van der Waals surface area contributed by atoms with Crippen LogP contribution in [-0.2, 0) is 14.3 Å². The number of hydrogen-bond acceptors (Lipinski definition) is 4. The van der Waals surface area contributed by atoms with E-state index in [4.69, 9.17) is 9.47 Å². The van der Waals surface area contributed by atoms with Crippen LogP contribution in [0.1, 0.15) is 39.3 Å². The molecule has 21 heavy (non-hydrogen) atoms. The van der Waals surface area contributed by atoms with Gasteiger partial charge in [-0.3, -0.25) is 0 Å². The molecule has 0 saturated heterocycles. The second-order valence-corrected chi connectivity index (χ2v) is 6.30. The maximum atomic E-state index is 12.0. The molecular formula is C15H20BrNO4. The molecule has 0 bridgehead atoms. The van der Waals surface area contributed by atoms with Crippen LogP contribution in [0.15, 0.2) is 28.7 Å². The first kappa shape index (κ1) is 17.5. The van der Waals surface area contributed by atoms with E-state index in [0.717, 1.165) is 4.47 Å². The van der Waals surface area contributed by atoms with Crippen LogP contribution in [-0.4, -0.2) is 24.3 Å². The van der Waals surface area contributed by atoms with Crippen molar-refractivity contribution in [1.29, 1.82) is 0 Å². The minimum Gasteiger partial charge on any atom is -0.464 e. The van der Waals surface area contributed by atoms with Crippen LogP contribution in [0.4, 0.5) is 4.79 Å². The van der Waals surface area contributed by atoms with Crippen LogP contribution in [0.2, 0.25) is 0 Å². The Morgan fingerprint density at radius 2 is 1.81 bits per heavy atom. The largest absolute Gasteiger partial charge is 0.464 e. The highest BCUT2D eigenvalue weighted by Crippen LogP contribution is 2.19. The van der Waals surface area contributed by atoms with Gasteiger partial charge in [0, 0.05) is 4.47 Å². The fraction of sp³-hybridized carbons (Fsp3) is 0.467. The van der Waals surface area contributed by atoms with E-state index < -0.39 is 23.7 Å². The average molecular weight is 358 g/mol. The Morgan fingerprint density at radius 3 is 2.29 bits per heavy atom. The Morgan fingerprint density at radius 1 is 1.24 bits per heavy atom. The molecule has 0 aliphatic heterocycles. The van der Waals surface area contributed by atoms with Crippen molar-refractivity contribution in [3.63, 3.8) is 0 Å². The van der Waals surface area contributed by atoms with Crippen LogP contribution in [0.25, 0.3) is 0 Å². The van der Waals surface area contributed by atoms with Gasteiger partial charge >= 0.3 is 12.1 Å². The summed E-state index contributed by atoms with van der Waals surface area (Å²) in [6.07, 6.45) is -0.663. The number of rotatable bonds is 4. The lowest BCUT2D eigenvalue weighted by Gasteiger charge is -2.23. The highest BCUT2D eigenvalue weighted by molar-refractivity contribution is 9.10. The fourth-order valence-corrected chi connectivity index (χ4v) is 1.85. The monoisotopic (exact) mass is 357 g/mol. The molecule has 5 nitrogen and oxygen atoms in total. The smallest absolute Gasteiger partial charge is 0.408 e. The van der Waals surface area contributed by atoms with E-state index >= 15 is 0 Å². The highest BCUT2D eigenvalue weighted by atomic mass is 79.9. The van der Waals surface area contributed by atoms with Crippen molar-refractivity contribution in [3.05, 3.63) is 34.3 Å². The molecule has 0 aromatic heterocycles. The summed E-state index contributed by atoms with van der Waals surface area (Å²) in [5.41, 5.74) is -0.00858. The SMILES string of the molecule is CCOC(=O)C(NC(=O)OC(C)(C)C)c1ccc(Br)cc1. The Hall–Kier alpha value is -1.56. The van der Waals surface area contributed by atoms with Gasteiger partial charge in [0.2, 0.25) is 0 Å². The summed E-state index contributed by atoms with van der Waals surface area (Å²) >= 11 is 3.32. The van der Waals surface area contributed by atoms with E-state index in [2.05, 4.69) is 21.2 Å². The van der Waals surface area contributed by atoms with Gasteiger partial charge in [-0.05, 0) is 45.4 Å². The zero-order valence-corrected chi connectivity index (χ0v) is 14.2. The van der Waals surface area contributed by atoms with Gasteiger partial charge in [-0.2, -0.15) is 0 Å². The van der Waals surface area contributed by atoms with Gasteiger partial charge < -0.3 is 14.8 Å². The van der Waals surface area contributed by atoms with Crippen molar-refractivity contribution < 1.29 is 19.1 Å². The van der Waals surface area contributed by atoms with Gasteiger partial charge in [0.15, 0.2) is 6.04 Å². The van der Waals surface area contributed by atoms with Crippen molar-refractivity contribution in [2.24, 2.45) is 0 Å². The molecule has 1 unspecified atom stereocenters. The quantitative estimate of drug-likeness (QED) is 0.836. The number of nitrogens with one attached hydrogen (secondary N) is 1. The van der Waals surface area contributed by atoms with Gasteiger partial charge in [-0.1, -0.05) is 28.1 Å². The second-order valence-electron chi connectivity index (χ2n) is 5.38. The number of carbonyl (C=O) groups is 2. The number of alkyl carbamates (subject to hydrolysis) is 1. The lowest BCUT2D eigenvalue weighted by molar-refractivity contribution is -0.145. The van der Waals surface area contributed by atoms with Crippen LogP contribution in [0.3, 0.4) is 0 Å². The third-order valence-electron chi connectivity index (χ3n) is 2.39. The van der Waals surface area contributed by atoms with E-state index in [1.54, 1.807) is 52.0 Å². The molecule has 1 aromatic carbocycles. The van der Waals surface area contributed by atoms with Crippen LogP contribution in [0, 0.1) is 0 Å². The van der Waals surface area contributed by atoms with Gasteiger partial charge in [-0.15, -0.1) is 0 Å². The van der Waals surface area contributed by atoms with Crippen molar-refractivity contribution >= 4 is 28.0 Å². The van der Waals surface area contributed by atoms with E-state index in [1.165, 1.54) is 0 Å². The standard InChI is InChI=1S/C15H20BrNO4/c1-5-20-13(18)12(10-6-8-11(16)9-7-10)17-14(19)21-15(2,3)4/h6-9,12H,5H2,1-4H3,(H,17,19). The summed E-state index contributed by atoms with van der Waals surface area (Å²) in [7, 11) is 0. The van der Waals surface area contributed by atoms with E-state index in [9.17, 15) is 9.59 Å². The maximum Gasteiger partial charge on any atom is 0.408 e. The lowest BCUT2D eigenvalue weighted by atomic mass is 10.1. The van der Waals surface area contributed by atoms with Crippen LogP contribution in [0.5, 0.6) is 0 Å². The Balaban J connectivity index is 2.90. The first-order chi connectivity index (χ1) is 9.73. The van der Waals surface area contributed by atoms with E-state index in [0.29, 0.717) is 5.56 Å². The van der Waals surface area contributed by atoms with E-state index in [1.807, 2.05) is 0 Å². The number of esters is 1. The molecule has 116 valence electrons. The number of hydrogen-bond donors (Lipinski definition) is 1. The van der Waals surface area contributed by atoms with Gasteiger partial charge in [0.25, 0.3) is 0 Å². The van der Waals surface area contributed by atoms with E-state index in [-0.39, 0.29) is 6.61 Å². The molecule has 0 saturated carbocycles. The number of amides is 1. The fourth-order valence-electron chi connectivity index (χ4n) is 1.58. The summed E-state index contributed by atoms with van der Waals surface area (Å²) < 4.78 is 11.1. The van der Waals surface area contributed by atoms with Crippen LogP contribution >= 0.6 is 15.9 Å². The Bertz CT molecular complexity index is 493. The minimum atomic E-state index is -0.895. The first-order valence-corrected chi connectivity index (χ1v) is 7.44. The third-order valence-corrected chi connectivity index (χ3v) is 2.92. The molecule has 0 spiro atoms. The van der Waals surface area contributed by atoms with Gasteiger partial charge in [-0.25, -0.2) is 9.59 Å².